The zero-order valence-electron chi connectivity index (χ0n) is 18.5. The van der Waals surface area contributed by atoms with Crippen LogP contribution in [0.25, 0.3) is 0 Å². The Hall–Kier alpha value is -3.90. The molecule has 5 rings (SSSR count). The number of piperazine rings is 1. The number of anilines is 1. The van der Waals surface area contributed by atoms with Crippen molar-refractivity contribution in [2.24, 2.45) is 16.8 Å². The maximum absolute atomic E-state index is 9.26. The standard InChI is InChI=1S/C27H26N6/c28-16-21-5-3-4-20(14-21)15-25-23-6-1-2-7-24(23)26(19-30-25)32-10-12-33(13-11-32)27-9-8-22(17-29)18-31-27/h1-9,18-20,23,25H,10-15H2. The average molecular weight is 435 g/mol. The molecule has 2 aliphatic carbocycles. The minimum absolute atomic E-state index is 0.196. The van der Waals surface area contributed by atoms with Crippen LogP contribution in [0.1, 0.15) is 18.4 Å². The van der Waals surface area contributed by atoms with Crippen LogP contribution in [0.4, 0.5) is 5.82 Å². The molecule has 3 unspecified atom stereocenters. The summed E-state index contributed by atoms with van der Waals surface area (Å²) in [5.74, 6) is 1.56. The number of aromatic nitrogens is 1. The summed E-state index contributed by atoms with van der Waals surface area (Å²) in [6, 6.07) is 8.39. The quantitative estimate of drug-likeness (QED) is 0.717. The fourth-order valence-corrected chi connectivity index (χ4v) is 5.07. The second-order valence-electron chi connectivity index (χ2n) is 8.84. The molecule has 6 nitrogen and oxygen atoms in total. The van der Waals surface area contributed by atoms with Crippen molar-refractivity contribution in [2.75, 3.05) is 31.1 Å². The molecular formula is C27H26N6. The highest BCUT2D eigenvalue weighted by molar-refractivity contribution is 5.82. The van der Waals surface area contributed by atoms with Crippen LogP contribution in [0.15, 0.2) is 82.7 Å². The molecule has 2 aliphatic heterocycles. The molecular weight excluding hydrogens is 408 g/mol. The Labute approximate surface area is 194 Å². The van der Waals surface area contributed by atoms with Gasteiger partial charge in [-0.2, -0.15) is 10.5 Å². The van der Waals surface area contributed by atoms with Crippen LogP contribution in [0.2, 0.25) is 0 Å². The Morgan fingerprint density at radius 1 is 0.970 bits per heavy atom. The molecule has 0 bridgehead atoms. The van der Waals surface area contributed by atoms with Gasteiger partial charge in [-0.1, -0.05) is 36.5 Å². The maximum Gasteiger partial charge on any atom is 0.128 e. The van der Waals surface area contributed by atoms with Gasteiger partial charge in [-0.25, -0.2) is 4.98 Å². The summed E-state index contributed by atoms with van der Waals surface area (Å²) in [7, 11) is 0. The van der Waals surface area contributed by atoms with Crippen molar-refractivity contribution in [3.05, 3.63) is 83.3 Å². The van der Waals surface area contributed by atoms with E-state index in [1.807, 2.05) is 24.3 Å². The number of dihydropyridines is 1. The predicted octanol–water partition coefficient (Wildman–Crippen LogP) is 3.94. The smallest absolute Gasteiger partial charge is 0.128 e. The van der Waals surface area contributed by atoms with Gasteiger partial charge in [0.15, 0.2) is 0 Å². The summed E-state index contributed by atoms with van der Waals surface area (Å²) >= 11 is 0. The molecule has 3 heterocycles. The molecule has 0 radical (unpaired) electrons. The lowest BCUT2D eigenvalue weighted by molar-refractivity contribution is 0.325. The number of nitriles is 2. The van der Waals surface area contributed by atoms with E-state index in [2.05, 4.69) is 63.5 Å². The Balaban J connectivity index is 1.27. The van der Waals surface area contributed by atoms with E-state index < -0.39 is 0 Å². The summed E-state index contributed by atoms with van der Waals surface area (Å²) in [6.07, 6.45) is 20.4. The third-order valence-electron chi connectivity index (χ3n) is 6.84. The van der Waals surface area contributed by atoms with Gasteiger partial charge in [-0.3, -0.25) is 4.99 Å². The molecule has 0 N–H and O–H groups in total. The second-order valence-corrected chi connectivity index (χ2v) is 8.84. The van der Waals surface area contributed by atoms with Crippen LogP contribution >= 0.6 is 0 Å². The third kappa shape index (κ3) is 4.38. The number of hydrogen-bond acceptors (Lipinski definition) is 6. The summed E-state index contributed by atoms with van der Waals surface area (Å²) < 4.78 is 0. The van der Waals surface area contributed by atoms with Crippen molar-refractivity contribution in [3.8, 4) is 12.1 Å². The van der Waals surface area contributed by atoms with Crippen molar-refractivity contribution in [1.82, 2.24) is 9.88 Å². The van der Waals surface area contributed by atoms with E-state index >= 15 is 0 Å². The molecule has 3 atom stereocenters. The molecule has 0 aromatic carbocycles. The monoisotopic (exact) mass is 434 g/mol. The van der Waals surface area contributed by atoms with E-state index in [1.165, 1.54) is 11.3 Å². The van der Waals surface area contributed by atoms with Crippen molar-refractivity contribution < 1.29 is 0 Å². The Kier molecular flexibility index (Phi) is 5.91. The van der Waals surface area contributed by atoms with Crippen LogP contribution in [0.5, 0.6) is 0 Å². The zero-order valence-corrected chi connectivity index (χ0v) is 18.5. The fourth-order valence-electron chi connectivity index (χ4n) is 5.07. The molecule has 1 aromatic heterocycles. The molecule has 1 fully saturated rings. The Morgan fingerprint density at radius 2 is 1.82 bits per heavy atom. The SMILES string of the molecule is N#CC1=CC=CC(CC2N=CC(N3CCN(c4ccc(C#N)cn4)CC3)=C3C=CC=CC32)C1. The highest BCUT2D eigenvalue weighted by Gasteiger charge is 2.32. The third-order valence-corrected chi connectivity index (χ3v) is 6.84. The summed E-state index contributed by atoms with van der Waals surface area (Å²) in [5, 5.41) is 18.3. The number of nitrogens with zero attached hydrogens (tertiary/aromatic N) is 6. The molecule has 164 valence electrons. The van der Waals surface area contributed by atoms with E-state index in [9.17, 15) is 5.26 Å². The molecule has 1 aromatic rings. The summed E-state index contributed by atoms with van der Waals surface area (Å²) in [6.45, 7) is 3.58. The van der Waals surface area contributed by atoms with Crippen molar-refractivity contribution >= 4 is 12.0 Å². The topological polar surface area (TPSA) is 79.3 Å². The number of pyridine rings is 1. The fraction of sp³-hybridized carbons (Fsp3) is 0.333. The van der Waals surface area contributed by atoms with Gasteiger partial charge in [0.25, 0.3) is 0 Å². The second kappa shape index (κ2) is 9.30. The molecule has 0 spiro atoms. The predicted molar refractivity (Wildman–Crippen MR) is 129 cm³/mol. The van der Waals surface area contributed by atoms with E-state index in [4.69, 9.17) is 10.3 Å². The van der Waals surface area contributed by atoms with Crippen LogP contribution in [0.3, 0.4) is 0 Å². The van der Waals surface area contributed by atoms with Gasteiger partial charge in [0.1, 0.15) is 11.9 Å². The van der Waals surface area contributed by atoms with Gasteiger partial charge in [0, 0.05) is 50.1 Å². The van der Waals surface area contributed by atoms with E-state index in [0.717, 1.165) is 50.4 Å². The summed E-state index contributed by atoms with van der Waals surface area (Å²) in [5.41, 5.74) is 4.01. The maximum atomic E-state index is 9.26. The molecule has 1 saturated heterocycles. The highest BCUT2D eigenvalue weighted by Crippen LogP contribution is 2.36. The van der Waals surface area contributed by atoms with E-state index in [0.29, 0.717) is 11.5 Å². The van der Waals surface area contributed by atoms with E-state index in [-0.39, 0.29) is 12.0 Å². The first kappa shape index (κ1) is 21.0. The van der Waals surface area contributed by atoms with Crippen molar-refractivity contribution in [1.29, 1.82) is 10.5 Å². The Bertz CT molecular complexity index is 1160. The largest absolute Gasteiger partial charge is 0.367 e. The van der Waals surface area contributed by atoms with Crippen LogP contribution < -0.4 is 4.90 Å². The van der Waals surface area contributed by atoms with Gasteiger partial charge >= 0.3 is 0 Å². The lowest BCUT2D eigenvalue weighted by Gasteiger charge is -2.40. The first-order chi connectivity index (χ1) is 16.2. The lowest BCUT2D eigenvalue weighted by atomic mass is 9.79. The van der Waals surface area contributed by atoms with Gasteiger partial charge in [-0.15, -0.1) is 0 Å². The number of allylic oxidation sites excluding steroid dienone is 8. The van der Waals surface area contributed by atoms with Crippen LogP contribution in [-0.4, -0.2) is 48.3 Å². The summed E-state index contributed by atoms with van der Waals surface area (Å²) in [4.78, 5) is 14.2. The minimum atomic E-state index is 0.196. The molecule has 0 amide bonds. The van der Waals surface area contributed by atoms with E-state index in [1.54, 1.807) is 6.20 Å². The molecule has 4 aliphatic rings. The molecule has 0 saturated carbocycles. The minimum Gasteiger partial charge on any atom is -0.367 e. The first-order valence-corrected chi connectivity index (χ1v) is 11.5. The Morgan fingerprint density at radius 3 is 2.58 bits per heavy atom. The van der Waals surface area contributed by atoms with Gasteiger partial charge < -0.3 is 9.80 Å². The van der Waals surface area contributed by atoms with Gasteiger partial charge in [-0.05, 0) is 42.5 Å². The lowest BCUT2D eigenvalue weighted by Crippen LogP contribution is -2.47. The average Bonchev–Trinajstić information content (AvgIpc) is 2.89. The molecule has 6 heteroatoms. The van der Waals surface area contributed by atoms with Gasteiger partial charge in [0.2, 0.25) is 0 Å². The van der Waals surface area contributed by atoms with Crippen LogP contribution in [-0.2, 0) is 0 Å². The number of aliphatic imine (C=N–C) groups is 1. The zero-order chi connectivity index (χ0) is 22.6. The normalized spacial score (nSPS) is 26.0. The highest BCUT2D eigenvalue weighted by atomic mass is 15.3. The van der Waals surface area contributed by atoms with Gasteiger partial charge in [0.05, 0.1) is 23.4 Å². The van der Waals surface area contributed by atoms with Crippen molar-refractivity contribution in [2.45, 2.75) is 18.9 Å². The van der Waals surface area contributed by atoms with Crippen LogP contribution in [0, 0.1) is 34.5 Å². The molecule has 33 heavy (non-hydrogen) atoms. The number of fused-ring (bicyclic) bond motifs is 1. The van der Waals surface area contributed by atoms with Crippen molar-refractivity contribution in [3.63, 3.8) is 0 Å². The number of hydrogen-bond donors (Lipinski definition) is 0. The first-order valence-electron chi connectivity index (χ1n) is 11.5. The number of rotatable bonds is 4.